The Morgan fingerprint density at radius 2 is 2.00 bits per heavy atom. The van der Waals surface area contributed by atoms with Crippen molar-refractivity contribution in [2.24, 2.45) is 0 Å². The molecule has 0 fully saturated rings. The minimum atomic E-state index is 0.668. The summed E-state index contributed by atoms with van der Waals surface area (Å²) in [6, 6.07) is 9.24. The first-order valence-electron chi connectivity index (χ1n) is 4.06. The number of ether oxygens (including phenoxy) is 1. The Hall–Kier alpha value is -0.760. The van der Waals surface area contributed by atoms with Crippen LogP contribution in [0.4, 0.5) is 0 Å². The number of rotatable bonds is 4. The first-order chi connectivity index (χ1) is 6.36. The van der Waals surface area contributed by atoms with Gasteiger partial charge in [0.1, 0.15) is 5.75 Å². The summed E-state index contributed by atoms with van der Waals surface area (Å²) in [5.41, 5.74) is 0.668. The van der Waals surface area contributed by atoms with Crippen LogP contribution in [-0.4, -0.2) is 11.0 Å². The number of nitrogens with zero attached hydrogens (tertiary/aromatic N) is 1. The van der Waals surface area contributed by atoms with Gasteiger partial charge in [0.25, 0.3) is 0 Å². The topological polar surface area (TPSA) is 33.0 Å². The van der Waals surface area contributed by atoms with Crippen molar-refractivity contribution in [2.75, 3.05) is 11.0 Å². The van der Waals surface area contributed by atoms with Gasteiger partial charge in [0.05, 0.1) is 18.2 Å². The third-order valence-corrected chi connectivity index (χ3v) is 2.29. The SMILES string of the molecule is N#Cc1ccc(OCCCI)cc1. The molecule has 0 saturated heterocycles. The van der Waals surface area contributed by atoms with Crippen LogP contribution in [0.3, 0.4) is 0 Å². The highest BCUT2D eigenvalue weighted by Gasteiger charge is 1.93. The molecule has 0 aliphatic heterocycles. The molecule has 13 heavy (non-hydrogen) atoms. The quantitative estimate of drug-likeness (QED) is 0.484. The van der Waals surface area contributed by atoms with E-state index in [1.54, 1.807) is 12.1 Å². The lowest BCUT2D eigenvalue weighted by Gasteiger charge is -2.03. The molecular formula is C10H10INO. The fraction of sp³-hybridized carbons (Fsp3) is 0.300. The van der Waals surface area contributed by atoms with Crippen molar-refractivity contribution in [1.82, 2.24) is 0 Å². The molecule has 0 aliphatic rings. The summed E-state index contributed by atoms with van der Waals surface area (Å²) >= 11 is 2.32. The number of nitriles is 1. The molecule has 0 amide bonds. The van der Waals surface area contributed by atoms with Gasteiger partial charge >= 0.3 is 0 Å². The van der Waals surface area contributed by atoms with E-state index in [1.807, 2.05) is 12.1 Å². The fourth-order valence-corrected chi connectivity index (χ4v) is 1.18. The van der Waals surface area contributed by atoms with E-state index in [1.165, 1.54) is 0 Å². The summed E-state index contributed by atoms with van der Waals surface area (Å²) in [6.45, 7) is 0.745. The lowest BCUT2D eigenvalue weighted by molar-refractivity contribution is 0.319. The van der Waals surface area contributed by atoms with E-state index in [2.05, 4.69) is 28.7 Å². The van der Waals surface area contributed by atoms with Crippen LogP contribution < -0.4 is 4.74 Å². The van der Waals surface area contributed by atoms with Crippen molar-refractivity contribution in [3.63, 3.8) is 0 Å². The average molecular weight is 287 g/mol. The molecule has 0 N–H and O–H groups in total. The zero-order valence-corrected chi connectivity index (χ0v) is 9.32. The normalized spacial score (nSPS) is 9.23. The lowest BCUT2D eigenvalue weighted by Crippen LogP contribution is -1.97. The average Bonchev–Trinajstić information content (AvgIpc) is 2.19. The molecule has 0 unspecified atom stereocenters. The highest BCUT2D eigenvalue weighted by molar-refractivity contribution is 14.1. The van der Waals surface area contributed by atoms with Crippen molar-refractivity contribution in [2.45, 2.75) is 6.42 Å². The van der Waals surface area contributed by atoms with Crippen molar-refractivity contribution >= 4 is 22.6 Å². The number of hydrogen-bond donors (Lipinski definition) is 0. The third-order valence-electron chi connectivity index (χ3n) is 1.53. The molecule has 0 aliphatic carbocycles. The maximum Gasteiger partial charge on any atom is 0.119 e. The zero-order chi connectivity index (χ0) is 9.52. The Kier molecular flexibility index (Phi) is 4.61. The van der Waals surface area contributed by atoms with E-state index >= 15 is 0 Å². The summed E-state index contributed by atoms with van der Waals surface area (Å²) in [4.78, 5) is 0. The van der Waals surface area contributed by atoms with Crippen LogP contribution in [0.5, 0.6) is 5.75 Å². The molecule has 1 rings (SSSR count). The Morgan fingerprint density at radius 3 is 2.54 bits per heavy atom. The van der Waals surface area contributed by atoms with Crippen LogP contribution >= 0.6 is 22.6 Å². The van der Waals surface area contributed by atoms with Crippen LogP contribution in [0.2, 0.25) is 0 Å². The lowest BCUT2D eigenvalue weighted by atomic mass is 10.2. The first-order valence-corrected chi connectivity index (χ1v) is 5.58. The van der Waals surface area contributed by atoms with Gasteiger partial charge in [-0.05, 0) is 30.7 Å². The van der Waals surface area contributed by atoms with Crippen molar-refractivity contribution in [1.29, 1.82) is 5.26 Å². The van der Waals surface area contributed by atoms with E-state index in [-0.39, 0.29) is 0 Å². The van der Waals surface area contributed by atoms with E-state index in [4.69, 9.17) is 10.00 Å². The van der Waals surface area contributed by atoms with Crippen LogP contribution in [0, 0.1) is 11.3 Å². The molecule has 1 aromatic carbocycles. The van der Waals surface area contributed by atoms with Crippen molar-refractivity contribution in [3.05, 3.63) is 29.8 Å². The smallest absolute Gasteiger partial charge is 0.119 e. The Morgan fingerprint density at radius 1 is 1.31 bits per heavy atom. The zero-order valence-electron chi connectivity index (χ0n) is 7.16. The summed E-state index contributed by atoms with van der Waals surface area (Å²) < 4.78 is 6.54. The number of hydrogen-bond acceptors (Lipinski definition) is 2. The van der Waals surface area contributed by atoms with Gasteiger partial charge in [0, 0.05) is 4.43 Å². The summed E-state index contributed by atoms with van der Waals surface area (Å²) in [6.07, 6.45) is 1.06. The highest BCUT2D eigenvalue weighted by atomic mass is 127. The van der Waals surface area contributed by atoms with Gasteiger partial charge in [-0.1, -0.05) is 22.6 Å². The van der Waals surface area contributed by atoms with E-state index in [0.717, 1.165) is 23.2 Å². The molecule has 3 heteroatoms. The molecule has 0 atom stereocenters. The summed E-state index contributed by atoms with van der Waals surface area (Å²) in [5, 5.41) is 8.55. The van der Waals surface area contributed by atoms with Gasteiger partial charge in [-0.2, -0.15) is 5.26 Å². The van der Waals surface area contributed by atoms with Crippen molar-refractivity contribution in [3.8, 4) is 11.8 Å². The minimum absolute atomic E-state index is 0.668. The maximum atomic E-state index is 8.55. The highest BCUT2D eigenvalue weighted by Crippen LogP contribution is 2.11. The molecule has 0 bridgehead atoms. The molecule has 0 saturated carbocycles. The molecule has 0 aromatic heterocycles. The van der Waals surface area contributed by atoms with Crippen LogP contribution in [-0.2, 0) is 0 Å². The molecule has 1 aromatic rings. The predicted octanol–water partition coefficient (Wildman–Crippen LogP) is 2.76. The van der Waals surface area contributed by atoms with Gasteiger partial charge in [-0.15, -0.1) is 0 Å². The largest absolute Gasteiger partial charge is 0.494 e. The van der Waals surface area contributed by atoms with Crippen molar-refractivity contribution < 1.29 is 4.74 Å². The molecule has 2 nitrogen and oxygen atoms in total. The minimum Gasteiger partial charge on any atom is -0.494 e. The number of halogens is 1. The number of alkyl halides is 1. The first kappa shape index (κ1) is 10.3. The standard InChI is InChI=1S/C10H10INO/c11-6-1-7-13-10-4-2-9(8-12)3-5-10/h2-5H,1,6-7H2. The van der Waals surface area contributed by atoms with E-state index in [0.29, 0.717) is 5.56 Å². The third kappa shape index (κ3) is 3.64. The molecule has 68 valence electrons. The predicted molar refractivity (Wildman–Crippen MR) is 60.2 cm³/mol. The molecule has 0 heterocycles. The van der Waals surface area contributed by atoms with Crippen LogP contribution in [0.15, 0.2) is 24.3 Å². The maximum absolute atomic E-state index is 8.55. The fourth-order valence-electron chi connectivity index (χ4n) is 0.870. The van der Waals surface area contributed by atoms with Crippen LogP contribution in [0.25, 0.3) is 0 Å². The second-order valence-corrected chi connectivity index (χ2v) is 3.61. The Bertz CT molecular complexity index is 289. The van der Waals surface area contributed by atoms with Gasteiger partial charge < -0.3 is 4.74 Å². The summed E-state index contributed by atoms with van der Waals surface area (Å²) in [5.74, 6) is 0.837. The van der Waals surface area contributed by atoms with Gasteiger partial charge in [0.2, 0.25) is 0 Å². The second kappa shape index (κ2) is 5.81. The Balaban J connectivity index is 2.46. The van der Waals surface area contributed by atoms with E-state index in [9.17, 15) is 0 Å². The van der Waals surface area contributed by atoms with Crippen LogP contribution in [0.1, 0.15) is 12.0 Å². The molecule has 0 radical (unpaired) electrons. The molecular weight excluding hydrogens is 277 g/mol. The van der Waals surface area contributed by atoms with Gasteiger partial charge in [-0.3, -0.25) is 0 Å². The van der Waals surface area contributed by atoms with E-state index < -0.39 is 0 Å². The molecule has 0 spiro atoms. The van der Waals surface area contributed by atoms with Gasteiger partial charge in [-0.25, -0.2) is 0 Å². The van der Waals surface area contributed by atoms with Gasteiger partial charge in [0.15, 0.2) is 0 Å². The monoisotopic (exact) mass is 287 g/mol. The number of benzene rings is 1. The Labute approximate surface area is 91.7 Å². The second-order valence-electron chi connectivity index (χ2n) is 2.53. The summed E-state index contributed by atoms with van der Waals surface area (Å²) in [7, 11) is 0.